The van der Waals surface area contributed by atoms with E-state index >= 15 is 0 Å². The van der Waals surface area contributed by atoms with Gasteiger partial charge in [-0.3, -0.25) is 4.98 Å². The number of hydrogen-bond donors (Lipinski definition) is 1. The summed E-state index contributed by atoms with van der Waals surface area (Å²) in [6, 6.07) is 10.6. The van der Waals surface area contributed by atoms with Crippen LogP contribution in [-0.4, -0.2) is 28.8 Å². The Kier molecular flexibility index (Phi) is 3.67. The average molecular weight is 332 g/mol. The third-order valence-corrected chi connectivity index (χ3v) is 5.58. The van der Waals surface area contributed by atoms with Crippen molar-refractivity contribution in [1.29, 1.82) is 0 Å². The number of aromatic nitrogens is 1. The van der Waals surface area contributed by atoms with Gasteiger partial charge in [0.05, 0.1) is 16.9 Å². The van der Waals surface area contributed by atoms with E-state index in [-0.39, 0.29) is 0 Å². The summed E-state index contributed by atoms with van der Waals surface area (Å²) < 4.78 is 5.78. The lowest BCUT2D eigenvalue weighted by molar-refractivity contribution is -0.0893. The fourth-order valence-electron chi connectivity index (χ4n) is 3.03. The number of pyridine rings is 1. The van der Waals surface area contributed by atoms with Gasteiger partial charge in [0.2, 0.25) is 0 Å². The van der Waals surface area contributed by atoms with Gasteiger partial charge in [-0.2, -0.15) is 0 Å². The van der Waals surface area contributed by atoms with E-state index in [1.54, 1.807) is 33.1 Å². The Balaban J connectivity index is 1.47. The normalized spacial score (nSPS) is 18.4. The molecular weight excluding hydrogens is 309 g/mol. The van der Waals surface area contributed by atoms with Crippen LogP contribution in [0.3, 0.4) is 0 Å². The maximum Gasteiger partial charge on any atom is 0.332 e. The Labute approximate surface area is 150 Å². The molecule has 1 N–H and O–H groups in total. The number of allylic oxidation sites excluding steroid dienone is 1. The van der Waals surface area contributed by atoms with Crippen molar-refractivity contribution in [2.45, 2.75) is 51.2 Å². The summed E-state index contributed by atoms with van der Waals surface area (Å²) in [6.45, 7) is 7.23. The Morgan fingerprint density at radius 3 is 2.64 bits per heavy atom. The largest absolute Gasteiger partial charge is 0.427 e. The number of rotatable bonds is 5. The molecule has 0 saturated heterocycles. The molecule has 4 heteroatoms. The molecule has 2 aliphatic rings. The van der Waals surface area contributed by atoms with Crippen LogP contribution in [0.1, 0.15) is 51.2 Å². The van der Waals surface area contributed by atoms with Crippen molar-refractivity contribution in [2.75, 3.05) is 0 Å². The summed E-state index contributed by atoms with van der Waals surface area (Å²) >= 11 is 0. The van der Waals surface area contributed by atoms with Crippen LogP contribution in [0.15, 0.2) is 42.1 Å². The van der Waals surface area contributed by atoms with E-state index in [1.165, 1.54) is 17.5 Å². The van der Waals surface area contributed by atoms with Gasteiger partial charge in [0.15, 0.2) is 0 Å². The van der Waals surface area contributed by atoms with E-state index in [0.29, 0.717) is 5.92 Å². The first-order valence-corrected chi connectivity index (χ1v) is 8.79. The zero-order chi connectivity index (χ0) is 17.8. The van der Waals surface area contributed by atoms with Crippen molar-refractivity contribution in [3.05, 3.63) is 53.2 Å². The van der Waals surface area contributed by atoms with Crippen LogP contribution in [0.2, 0.25) is 0 Å². The van der Waals surface area contributed by atoms with Gasteiger partial charge in [-0.1, -0.05) is 29.8 Å². The molecule has 1 heterocycles. The molecule has 4 rings (SSSR count). The Bertz CT molecular complexity index is 847. The smallest absolute Gasteiger partial charge is 0.332 e. The van der Waals surface area contributed by atoms with Crippen molar-refractivity contribution in [3.63, 3.8) is 0 Å². The second kappa shape index (κ2) is 5.55. The van der Waals surface area contributed by atoms with E-state index in [1.807, 2.05) is 26.0 Å². The monoisotopic (exact) mass is 332 g/mol. The van der Waals surface area contributed by atoms with Crippen molar-refractivity contribution >= 4 is 19.0 Å². The van der Waals surface area contributed by atoms with E-state index in [4.69, 9.17) is 4.65 Å². The lowest BCUT2D eigenvalue weighted by Crippen LogP contribution is -2.49. The highest BCUT2D eigenvalue weighted by atomic mass is 16.5. The van der Waals surface area contributed by atoms with Gasteiger partial charge >= 0.3 is 7.48 Å². The third kappa shape index (κ3) is 3.05. The molecule has 1 aromatic heterocycles. The summed E-state index contributed by atoms with van der Waals surface area (Å²) in [7, 11) is 1.66. The van der Waals surface area contributed by atoms with Gasteiger partial charge in [0.1, 0.15) is 0 Å². The van der Waals surface area contributed by atoms with Gasteiger partial charge in [-0.05, 0) is 62.8 Å². The van der Waals surface area contributed by atoms with Crippen molar-refractivity contribution in [2.24, 2.45) is 0 Å². The van der Waals surface area contributed by atoms with Gasteiger partial charge in [0.25, 0.3) is 0 Å². The molecule has 3 nitrogen and oxygen atoms in total. The first-order chi connectivity index (χ1) is 11.7. The van der Waals surface area contributed by atoms with Crippen LogP contribution in [-0.2, 0) is 4.65 Å². The van der Waals surface area contributed by atoms with Crippen LogP contribution in [0.25, 0.3) is 17.3 Å². The Hall–Kier alpha value is -1.91. The fraction of sp³-hybridized carbons (Fsp3) is 0.381. The van der Waals surface area contributed by atoms with Crippen LogP contribution < -0.4 is 5.46 Å². The lowest BCUT2D eigenvalue weighted by Gasteiger charge is -2.37. The zero-order valence-corrected chi connectivity index (χ0v) is 15.2. The summed E-state index contributed by atoms with van der Waals surface area (Å²) in [4.78, 5) is 4.57. The van der Waals surface area contributed by atoms with Gasteiger partial charge in [-0.15, -0.1) is 0 Å². The molecular formula is C21H23BNO2. The van der Waals surface area contributed by atoms with Crippen molar-refractivity contribution in [1.82, 2.24) is 4.98 Å². The molecule has 0 unspecified atom stereocenters. The van der Waals surface area contributed by atoms with Crippen molar-refractivity contribution in [3.8, 4) is 11.3 Å². The number of nitrogens with zero attached hydrogens (tertiary/aromatic N) is 1. The summed E-state index contributed by atoms with van der Waals surface area (Å²) in [5, 5.41) is 10.1. The van der Waals surface area contributed by atoms with Gasteiger partial charge in [-0.25, -0.2) is 0 Å². The summed E-state index contributed by atoms with van der Waals surface area (Å²) in [6.07, 6.45) is 5.37. The molecule has 127 valence electrons. The maximum atomic E-state index is 10.1. The van der Waals surface area contributed by atoms with E-state index < -0.39 is 11.2 Å². The zero-order valence-electron chi connectivity index (χ0n) is 15.2. The highest BCUT2D eigenvalue weighted by molar-refractivity contribution is 6.46. The molecule has 0 bridgehead atoms. The number of benzene rings is 1. The van der Waals surface area contributed by atoms with Crippen LogP contribution in [0, 0.1) is 0 Å². The van der Waals surface area contributed by atoms with Crippen molar-refractivity contribution < 1.29 is 9.76 Å². The second-order valence-corrected chi connectivity index (χ2v) is 8.10. The molecule has 0 spiro atoms. The van der Waals surface area contributed by atoms with Crippen LogP contribution >= 0.6 is 0 Å². The van der Waals surface area contributed by atoms with E-state index in [9.17, 15) is 5.11 Å². The molecule has 1 saturated carbocycles. The maximum absolute atomic E-state index is 10.1. The highest BCUT2D eigenvalue weighted by Crippen LogP contribution is 2.54. The highest BCUT2D eigenvalue weighted by Gasteiger charge is 2.37. The van der Waals surface area contributed by atoms with Crippen LogP contribution in [0.5, 0.6) is 0 Å². The molecule has 1 aromatic carbocycles. The minimum atomic E-state index is -0.934. The molecule has 2 aliphatic carbocycles. The summed E-state index contributed by atoms with van der Waals surface area (Å²) in [5.74, 6) is 0.699. The summed E-state index contributed by atoms with van der Waals surface area (Å²) in [5.41, 5.74) is 5.74. The van der Waals surface area contributed by atoms with Gasteiger partial charge < -0.3 is 9.76 Å². The Morgan fingerprint density at radius 2 is 1.96 bits per heavy atom. The minimum Gasteiger partial charge on any atom is -0.427 e. The number of hydrogen-bond acceptors (Lipinski definition) is 3. The lowest BCUT2D eigenvalue weighted by atomic mass is 9.83. The number of fused-ring (bicyclic) bond motifs is 3. The van der Waals surface area contributed by atoms with Gasteiger partial charge in [0, 0.05) is 17.7 Å². The molecule has 1 atom stereocenters. The molecule has 2 aromatic rings. The predicted molar refractivity (Wildman–Crippen MR) is 102 cm³/mol. The molecule has 0 aliphatic heterocycles. The standard InChI is InChI=1S/C21H23BNO2/c1-20(2,24)21(3,4)25-22-16-6-8-19(23-12-16)13-5-7-17-14(9-13)10-15-11-18(15)17/h5-10,12,18,24H,11H2,1-4H3/t18-/m1/s1. The molecule has 25 heavy (non-hydrogen) atoms. The van der Waals surface area contributed by atoms with Crippen LogP contribution in [0.4, 0.5) is 0 Å². The molecule has 1 radical (unpaired) electrons. The topological polar surface area (TPSA) is 42.4 Å². The SMILES string of the molecule is CC(C)(O)C(C)(C)O[B]c1ccc(-c2ccc3c(c2)C=C2C[C@H]23)nc1. The second-order valence-electron chi connectivity index (χ2n) is 8.10. The first-order valence-electron chi connectivity index (χ1n) is 8.79. The minimum absolute atomic E-state index is 0.681. The Morgan fingerprint density at radius 1 is 1.16 bits per heavy atom. The quantitative estimate of drug-likeness (QED) is 0.853. The third-order valence-electron chi connectivity index (χ3n) is 5.58. The first kappa shape index (κ1) is 16.6. The average Bonchev–Trinajstić information content (AvgIpc) is 3.23. The van der Waals surface area contributed by atoms with E-state index in [0.717, 1.165) is 16.7 Å². The molecule has 0 amide bonds. The number of aliphatic hydroxyl groups is 1. The predicted octanol–water partition coefficient (Wildman–Crippen LogP) is 3.44. The van der Waals surface area contributed by atoms with E-state index in [2.05, 4.69) is 29.3 Å². The fourth-order valence-corrected chi connectivity index (χ4v) is 3.03. The molecule has 1 fully saturated rings.